The lowest BCUT2D eigenvalue weighted by Crippen LogP contribution is -2.23. The SMILES string of the molecule is CCC(C)OC(=O)CCC/C=C\CC1C(CC[C@@H](O)CCc2ccccc2)[C@H](O)C[C@@H]1O. The van der Waals surface area contributed by atoms with E-state index in [2.05, 4.69) is 24.3 Å². The highest BCUT2D eigenvalue weighted by atomic mass is 16.5. The van der Waals surface area contributed by atoms with Crippen molar-refractivity contribution in [2.45, 2.75) is 102 Å². The van der Waals surface area contributed by atoms with Gasteiger partial charge in [-0.25, -0.2) is 0 Å². The van der Waals surface area contributed by atoms with Crippen LogP contribution in [0, 0.1) is 11.8 Å². The average molecular weight is 447 g/mol. The number of unbranched alkanes of at least 4 members (excludes halogenated alkanes) is 1. The van der Waals surface area contributed by atoms with E-state index in [0.717, 1.165) is 25.7 Å². The molecule has 0 spiro atoms. The maximum Gasteiger partial charge on any atom is 0.306 e. The van der Waals surface area contributed by atoms with Gasteiger partial charge in [0.05, 0.1) is 24.4 Å². The van der Waals surface area contributed by atoms with E-state index in [0.29, 0.717) is 38.5 Å². The van der Waals surface area contributed by atoms with Crippen molar-refractivity contribution in [3.8, 4) is 0 Å². The first kappa shape index (κ1) is 26.6. The first-order valence-corrected chi connectivity index (χ1v) is 12.3. The van der Waals surface area contributed by atoms with Gasteiger partial charge in [-0.05, 0) is 82.1 Å². The summed E-state index contributed by atoms with van der Waals surface area (Å²) < 4.78 is 5.27. The molecule has 1 aliphatic carbocycles. The summed E-state index contributed by atoms with van der Waals surface area (Å²) in [5.74, 6) is -0.127. The third kappa shape index (κ3) is 9.43. The normalized spacial score (nSPS) is 25.2. The number of allylic oxidation sites excluding steroid dienone is 2. The van der Waals surface area contributed by atoms with Crippen molar-refractivity contribution < 1.29 is 24.9 Å². The van der Waals surface area contributed by atoms with E-state index in [1.54, 1.807) is 0 Å². The Hall–Kier alpha value is -1.69. The lowest BCUT2D eigenvalue weighted by atomic mass is 9.85. The summed E-state index contributed by atoms with van der Waals surface area (Å²) in [6.07, 6.45) is 9.48. The van der Waals surface area contributed by atoms with E-state index in [1.165, 1.54) is 5.56 Å². The Morgan fingerprint density at radius 1 is 1.12 bits per heavy atom. The standard InChI is InChI=1S/C27H42O5/c1-3-20(2)32-27(31)14-10-5-4-9-13-23-24(26(30)19-25(23)29)18-17-22(28)16-15-21-11-7-6-8-12-21/h4,6-9,11-12,20,22-26,28-30H,3,5,10,13-19H2,1-2H3/b9-4-/t20?,22-,23?,24?,25-,26+/m0/s1. The van der Waals surface area contributed by atoms with Gasteiger partial charge in [-0.15, -0.1) is 0 Å². The average Bonchev–Trinajstić information content (AvgIpc) is 3.05. The van der Waals surface area contributed by atoms with Crippen molar-refractivity contribution in [3.63, 3.8) is 0 Å². The van der Waals surface area contributed by atoms with Gasteiger partial charge < -0.3 is 20.1 Å². The molecule has 2 rings (SSSR count). The van der Waals surface area contributed by atoms with Gasteiger partial charge in [-0.1, -0.05) is 49.4 Å². The number of hydrogen-bond acceptors (Lipinski definition) is 5. The summed E-state index contributed by atoms with van der Waals surface area (Å²) in [5, 5.41) is 31.2. The van der Waals surface area contributed by atoms with E-state index in [9.17, 15) is 20.1 Å². The maximum absolute atomic E-state index is 11.7. The number of carbonyl (C=O) groups is 1. The molecule has 5 nitrogen and oxygen atoms in total. The van der Waals surface area contributed by atoms with Crippen LogP contribution < -0.4 is 0 Å². The molecule has 1 saturated carbocycles. The Kier molecular flexibility index (Phi) is 12.0. The number of esters is 1. The molecule has 0 saturated heterocycles. The van der Waals surface area contributed by atoms with Crippen LogP contribution in [-0.2, 0) is 16.0 Å². The van der Waals surface area contributed by atoms with Gasteiger partial charge in [0.15, 0.2) is 0 Å². The molecule has 0 amide bonds. The van der Waals surface area contributed by atoms with Gasteiger partial charge >= 0.3 is 5.97 Å². The summed E-state index contributed by atoms with van der Waals surface area (Å²) in [5.41, 5.74) is 1.22. The predicted molar refractivity (Wildman–Crippen MR) is 127 cm³/mol. The van der Waals surface area contributed by atoms with Crippen LogP contribution in [0.25, 0.3) is 0 Å². The smallest absolute Gasteiger partial charge is 0.306 e. The zero-order chi connectivity index (χ0) is 23.3. The number of ether oxygens (including phenoxy) is 1. The van der Waals surface area contributed by atoms with Crippen molar-refractivity contribution in [1.29, 1.82) is 0 Å². The number of carbonyl (C=O) groups excluding carboxylic acids is 1. The predicted octanol–water partition coefficient (Wildman–Crippen LogP) is 4.58. The largest absolute Gasteiger partial charge is 0.463 e. The topological polar surface area (TPSA) is 87.0 Å². The van der Waals surface area contributed by atoms with Gasteiger partial charge in [0.25, 0.3) is 0 Å². The molecule has 1 fully saturated rings. The number of hydrogen-bond donors (Lipinski definition) is 3. The third-order valence-electron chi connectivity index (χ3n) is 6.70. The van der Waals surface area contributed by atoms with E-state index < -0.39 is 18.3 Å². The Labute approximate surface area is 193 Å². The minimum atomic E-state index is -0.514. The van der Waals surface area contributed by atoms with Gasteiger partial charge in [0.2, 0.25) is 0 Å². The van der Waals surface area contributed by atoms with Crippen molar-refractivity contribution >= 4 is 5.97 Å². The lowest BCUT2D eigenvalue weighted by molar-refractivity contribution is -0.148. The monoisotopic (exact) mass is 446 g/mol. The second kappa shape index (κ2) is 14.5. The Morgan fingerprint density at radius 2 is 1.84 bits per heavy atom. The molecule has 0 heterocycles. The molecule has 1 aliphatic rings. The van der Waals surface area contributed by atoms with Crippen molar-refractivity contribution in [3.05, 3.63) is 48.0 Å². The minimum absolute atomic E-state index is 0.00605. The molecule has 1 aromatic carbocycles. The fraction of sp³-hybridized carbons (Fsp3) is 0.667. The summed E-state index contributed by atoms with van der Waals surface area (Å²) in [6, 6.07) is 10.1. The van der Waals surface area contributed by atoms with Crippen LogP contribution in [0.2, 0.25) is 0 Å². The number of benzene rings is 1. The van der Waals surface area contributed by atoms with Crippen molar-refractivity contribution in [1.82, 2.24) is 0 Å². The molecule has 32 heavy (non-hydrogen) atoms. The Bertz CT molecular complexity index is 674. The number of aryl methyl sites for hydroxylation is 1. The Balaban J connectivity index is 1.69. The summed E-state index contributed by atoms with van der Waals surface area (Å²) in [4.78, 5) is 11.7. The summed E-state index contributed by atoms with van der Waals surface area (Å²) >= 11 is 0. The zero-order valence-corrected chi connectivity index (χ0v) is 19.7. The van der Waals surface area contributed by atoms with Gasteiger partial charge in [-0.3, -0.25) is 4.79 Å². The second-order valence-electron chi connectivity index (χ2n) is 9.26. The van der Waals surface area contributed by atoms with Crippen LogP contribution in [-0.4, -0.2) is 45.7 Å². The zero-order valence-electron chi connectivity index (χ0n) is 19.7. The second-order valence-corrected chi connectivity index (χ2v) is 9.26. The summed E-state index contributed by atoms with van der Waals surface area (Å²) in [6.45, 7) is 3.89. The van der Waals surface area contributed by atoms with E-state index in [1.807, 2.05) is 32.0 Å². The first-order chi connectivity index (χ1) is 15.4. The Morgan fingerprint density at radius 3 is 2.56 bits per heavy atom. The number of aliphatic hydroxyl groups is 3. The van der Waals surface area contributed by atoms with Crippen LogP contribution in [0.5, 0.6) is 0 Å². The highest BCUT2D eigenvalue weighted by molar-refractivity contribution is 5.69. The molecule has 0 radical (unpaired) electrons. The van der Waals surface area contributed by atoms with Gasteiger partial charge in [0, 0.05) is 6.42 Å². The highest BCUT2D eigenvalue weighted by Gasteiger charge is 2.40. The number of rotatable bonds is 14. The molecular weight excluding hydrogens is 404 g/mol. The third-order valence-corrected chi connectivity index (χ3v) is 6.70. The molecule has 0 aliphatic heterocycles. The van der Waals surface area contributed by atoms with Crippen molar-refractivity contribution in [2.75, 3.05) is 0 Å². The highest BCUT2D eigenvalue weighted by Crippen LogP contribution is 2.38. The molecule has 1 aromatic rings. The van der Waals surface area contributed by atoms with Gasteiger partial charge in [0.1, 0.15) is 0 Å². The fourth-order valence-corrected chi connectivity index (χ4v) is 4.52. The fourth-order valence-electron chi connectivity index (χ4n) is 4.52. The maximum atomic E-state index is 11.7. The number of aliphatic hydroxyl groups excluding tert-OH is 3. The molecule has 180 valence electrons. The molecule has 0 aromatic heterocycles. The van der Waals surface area contributed by atoms with Crippen LogP contribution in [0.3, 0.4) is 0 Å². The van der Waals surface area contributed by atoms with E-state index in [-0.39, 0.29) is 23.9 Å². The first-order valence-electron chi connectivity index (χ1n) is 12.3. The lowest BCUT2D eigenvalue weighted by Gasteiger charge is -2.23. The molecular formula is C27H42O5. The molecule has 0 bridgehead atoms. The van der Waals surface area contributed by atoms with Crippen molar-refractivity contribution in [2.24, 2.45) is 11.8 Å². The van der Waals surface area contributed by atoms with Crippen LogP contribution in [0.15, 0.2) is 42.5 Å². The van der Waals surface area contributed by atoms with E-state index in [4.69, 9.17) is 4.74 Å². The van der Waals surface area contributed by atoms with Crippen LogP contribution in [0.4, 0.5) is 0 Å². The van der Waals surface area contributed by atoms with Crippen LogP contribution >= 0.6 is 0 Å². The molecule has 6 atom stereocenters. The van der Waals surface area contributed by atoms with Crippen LogP contribution in [0.1, 0.15) is 77.2 Å². The molecule has 3 N–H and O–H groups in total. The van der Waals surface area contributed by atoms with E-state index >= 15 is 0 Å². The van der Waals surface area contributed by atoms with Gasteiger partial charge in [-0.2, -0.15) is 0 Å². The molecule has 5 heteroatoms. The molecule has 3 unspecified atom stereocenters. The quantitative estimate of drug-likeness (QED) is 0.221. The minimum Gasteiger partial charge on any atom is -0.463 e. The summed E-state index contributed by atoms with van der Waals surface area (Å²) in [7, 11) is 0.